The van der Waals surface area contributed by atoms with Crippen molar-refractivity contribution in [3.63, 3.8) is 0 Å². The van der Waals surface area contributed by atoms with E-state index in [1.165, 1.54) is 10.4 Å². The standard InChI is InChI=1S/C18H22N2O3S/c1-23-15-4-2-3-13(11-15)17(21)18(22)19-7-9-20-8-5-16-14(12-20)6-10-24-16/h2-4,6,10-11,17,21H,5,7-9,12H2,1H3,(H,19,22). The first kappa shape index (κ1) is 17.0. The van der Waals surface area contributed by atoms with Crippen molar-refractivity contribution in [3.8, 4) is 5.75 Å². The minimum Gasteiger partial charge on any atom is -0.497 e. The Kier molecular flexibility index (Phi) is 5.50. The highest BCUT2D eigenvalue weighted by Gasteiger charge is 2.19. The summed E-state index contributed by atoms with van der Waals surface area (Å²) in [5.74, 6) is 0.246. The number of ether oxygens (including phenoxy) is 1. The van der Waals surface area contributed by atoms with Crippen LogP contribution in [-0.2, 0) is 17.8 Å². The molecule has 1 aliphatic rings. The third-order valence-electron chi connectivity index (χ3n) is 4.27. The number of fused-ring (bicyclic) bond motifs is 1. The van der Waals surface area contributed by atoms with Crippen LogP contribution in [0.3, 0.4) is 0 Å². The zero-order valence-corrected chi connectivity index (χ0v) is 14.5. The normalized spacial score (nSPS) is 15.6. The van der Waals surface area contributed by atoms with E-state index in [4.69, 9.17) is 4.74 Å². The number of hydrogen-bond donors (Lipinski definition) is 2. The van der Waals surface area contributed by atoms with Gasteiger partial charge in [-0.25, -0.2) is 0 Å². The van der Waals surface area contributed by atoms with Gasteiger partial charge in [-0.2, -0.15) is 0 Å². The summed E-state index contributed by atoms with van der Waals surface area (Å²) < 4.78 is 5.12. The summed E-state index contributed by atoms with van der Waals surface area (Å²) in [5, 5.41) is 15.1. The Morgan fingerprint density at radius 3 is 3.17 bits per heavy atom. The maximum Gasteiger partial charge on any atom is 0.253 e. The lowest BCUT2D eigenvalue weighted by molar-refractivity contribution is -0.129. The average Bonchev–Trinajstić information content (AvgIpc) is 3.08. The van der Waals surface area contributed by atoms with E-state index in [1.54, 1.807) is 31.4 Å². The number of benzene rings is 1. The lowest BCUT2D eigenvalue weighted by Crippen LogP contribution is -2.39. The van der Waals surface area contributed by atoms with E-state index in [-0.39, 0.29) is 5.91 Å². The molecular weight excluding hydrogens is 324 g/mol. The molecule has 1 aromatic heterocycles. The molecule has 0 spiro atoms. The highest BCUT2D eigenvalue weighted by Crippen LogP contribution is 2.23. The van der Waals surface area contributed by atoms with Crippen LogP contribution in [0.15, 0.2) is 35.7 Å². The summed E-state index contributed by atoms with van der Waals surface area (Å²) in [7, 11) is 1.56. The molecule has 6 heteroatoms. The first-order valence-corrected chi connectivity index (χ1v) is 8.92. The molecule has 1 aliphatic heterocycles. The SMILES string of the molecule is COc1cccc(C(O)C(=O)NCCN2CCc3sccc3C2)c1. The molecule has 5 nitrogen and oxygen atoms in total. The van der Waals surface area contributed by atoms with Gasteiger partial charge in [-0.15, -0.1) is 11.3 Å². The molecule has 1 aromatic carbocycles. The average molecular weight is 346 g/mol. The summed E-state index contributed by atoms with van der Waals surface area (Å²) in [4.78, 5) is 15.9. The number of carbonyl (C=O) groups is 1. The Hall–Kier alpha value is -1.89. The molecule has 1 amide bonds. The van der Waals surface area contributed by atoms with Crippen molar-refractivity contribution in [3.05, 3.63) is 51.7 Å². The smallest absolute Gasteiger partial charge is 0.253 e. The van der Waals surface area contributed by atoms with E-state index < -0.39 is 6.10 Å². The third kappa shape index (κ3) is 3.95. The number of nitrogens with one attached hydrogen (secondary N) is 1. The van der Waals surface area contributed by atoms with E-state index in [9.17, 15) is 9.90 Å². The van der Waals surface area contributed by atoms with Crippen molar-refractivity contribution in [1.29, 1.82) is 0 Å². The molecule has 0 saturated heterocycles. The van der Waals surface area contributed by atoms with Gasteiger partial charge in [-0.05, 0) is 41.1 Å². The molecule has 0 radical (unpaired) electrons. The van der Waals surface area contributed by atoms with Crippen LogP contribution in [-0.4, -0.2) is 42.7 Å². The Balaban J connectivity index is 1.47. The molecule has 0 aliphatic carbocycles. The van der Waals surface area contributed by atoms with Crippen LogP contribution >= 0.6 is 11.3 Å². The molecular formula is C18H22N2O3S. The van der Waals surface area contributed by atoms with E-state index in [0.29, 0.717) is 17.9 Å². The van der Waals surface area contributed by atoms with Crippen molar-refractivity contribution in [2.45, 2.75) is 19.1 Å². The number of aliphatic hydroxyl groups is 1. The summed E-state index contributed by atoms with van der Waals surface area (Å²) in [6, 6.07) is 9.11. The van der Waals surface area contributed by atoms with Crippen LogP contribution in [0.5, 0.6) is 5.75 Å². The second kappa shape index (κ2) is 7.79. The van der Waals surface area contributed by atoms with Crippen molar-refractivity contribution in [1.82, 2.24) is 10.2 Å². The number of nitrogens with zero attached hydrogens (tertiary/aromatic N) is 1. The summed E-state index contributed by atoms with van der Waals surface area (Å²) in [5.41, 5.74) is 1.93. The summed E-state index contributed by atoms with van der Waals surface area (Å²) in [6.45, 7) is 3.26. The molecule has 0 saturated carbocycles. The van der Waals surface area contributed by atoms with Gasteiger partial charge >= 0.3 is 0 Å². The molecule has 2 N–H and O–H groups in total. The van der Waals surface area contributed by atoms with E-state index >= 15 is 0 Å². The monoisotopic (exact) mass is 346 g/mol. The van der Waals surface area contributed by atoms with Crippen LogP contribution in [0.25, 0.3) is 0 Å². The first-order valence-electron chi connectivity index (χ1n) is 8.04. The van der Waals surface area contributed by atoms with Gasteiger partial charge in [0.1, 0.15) is 5.75 Å². The lowest BCUT2D eigenvalue weighted by Gasteiger charge is -2.26. The van der Waals surface area contributed by atoms with Gasteiger partial charge < -0.3 is 15.2 Å². The Morgan fingerprint density at radius 2 is 2.33 bits per heavy atom. The second-order valence-corrected chi connectivity index (χ2v) is 6.87. The fraction of sp³-hybridized carbons (Fsp3) is 0.389. The van der Waals surface area contributed by atoms with Crippen LogP contribution < -0.4 is 10.1 Å². The van der Waals surface area contributed by atoms with Crippen LogP contribution in [0.2, 0.25) is 0 Å². The van der Waals surface area contributed by atoms with Crippen molar-refractivity contribution < 1.29 is 14.6 Å². The Bertz CT molecular complexity index is 701. The number of rotatable bonds is 6. The van der Waals surface area contributed by atoms with Crippen molar-refractivity contribution >= 4 is 17.2 Å². The molecule has 0 fully saturated rings. The summed E-state index contributed by atoms with van der Waals surface area (Å²) >= 11 is 1.82. The van der Waals surface area contributed by atoms with E-state index in [2.05, 4.69) is 21.7 Å². The van der Waals surface area contributed by atoms with Gasteiger partial charge in [0.2, 0.25) is 0 Å². The summed E-state index contributed by atoms with van der Waals surface area (Å²) in [6.07, 6.45) is -0.0992. The van der Waals surface area contributed by atoms with Crippen LogP contribution in [0, 0.1) is 0 Å². The highest BCUT2D eigenvalue weighted by atomic mass is 32.1. The van der Waals surface area contributed by atoms with E-state index in [1.807, 2.05) is 11.3 Å². The quantitative estimate of drug-likeness (QED) is 0.839. The van der Waals surface area contributed by atoms with Crippen molar-refractivity contribution in [2.24, 2.45) is 0 Å². The van der Waals surface area contributed by atoms with Crippen LogP contribution in [0.4, 0.5) is 0 Å². The largest absolute Gasteiger partial charge is 0.497 e. The van der Waals surface area contributed by atoms with Gasteiger partial charge in [0.15, 0.2) is 6.10 Å². The molecule has 1 unspecified atom stereocenters. The van der Waals surface area contributed by atoms with Crippen molar-refractivity contribution in [2.75, 3.05) is 26.7 Å². The van der Waals surface area contributed by atoms with Gasteiger partial charge in [0.25, 0.3) is 5.91 Å². The predicted octanol–water partition coefficient (Wildman–Crippen LogP) is 1.96. The Morgan fingerprint density at radius 1 is 1.46 bits per heavy atom. The molecule has 2 heterocycles. The third-order valence-corrected chi connectivity index (χ3v) is 5.29. The van der Waals surface area contributed by atoms with Gasteiger partial charge in [0.05, 0.1) is 7.11 Å². The van der Waals surface area contributed by atoms with Crippen LogP contribution in [0.1, 0.15) is 22.1 Å². The van der Waals surface area contributed by atoms with Gasteiger partial charge in [-0.3, -0.25) is 9.69 Å². The fourth-order valence-electron chi connectivity index (χ4n) is 2.89. The number of hydrogen-bond acceptors (Lipinski definition) is 5. The number of methoxy groups -OCH3 is 1. The molecule has 128 valence electrons. The minimum absolute atomic E-state index is 0.378. The number of aliphatic hydroxyl groups excluding tert-OH is 1. The zero-order valence-electron chi connectivity index (χ0n) is 13.7. The van der Waals surface area contributed by atoms with Gasteiger partial charge in [0, 0.05) is 31.1 Å². The first-order chi connectivity index (χ1) is 11.7. The second-order valence-electron chi connectivity index (χ2n) is 5.87. The minimum atomic E-state index is -1.18. The molecule has 1 atom stereocenters. The fourth-order valence-corrected chi connectivity index (χ4v) is 3.78. The molecule has 2 aromatic rings. The number of thiophene rings is 1. The number of amides is 1. The topological polar surface area (TPSA) is 61.8 Å². The Labute approximate surface area is 145 Å². The number of carbonyl (C=O) groups excluding carboxylic acids is 1. The van der Waals surface area contributed by atoms with Gasteiger partial charge in [-0.1, -0.05) is 12.1 Å². The molecule has 3 rings (SSSR count). The maximum absolute atomic E-state index is 12.1. The highest BCUT2D eigenvalue weighted by molar-refractivity contribution is 7.10. The lowest BCUT2D eigenvalue weighted by atomic mass is 10.1. The maximum atomic E-state index is 12.1. The van der Waals surface area contributed by atoms with E-state index in [0.717, 1.165) is 26.1 Å². The zero-order chi connectivity index (χ0) is 16.9. The predicted molar refractivity (Wildman–Crippen MR) is 94.3 cm³/mol. The molecule has 0 bridgehead atoms. The molecule has 24 heavy (non-hydrogen) atoms.